The van der Waals surface area contributed by atoms with E-state index in [4.69, 9.17) is 12.7 Å². The second kappa shape index (κ2) is 4.97. The first-order valence-corrected chi connectivity index (χ1v) is 5.72. The van der Waals surface area contributed by atoms with E-state index in [0.29, 0.717) is 18.7 Å². The number of ether oxygens (including phenoxy) is 1. The Morgan fingerprint density at radius 3 is 3.06 bits per heavy atom. The van der Waals surface area contributed by atoms with Crippen molar-refractivity contribution in [3.8, 4) is 5.75 Å². The summed E-state index contributed by atoms with van der Waals surface area (Å²) in [6, 6.07) is 1.59. The van der Waals surface area contributed by atoms with Crippen molar-refractivity contribution in [1.82, 2.24) is 9.79 Å². The fourth-order valence-corrected chi connectivity index (χ4v) is 2.06. The summed E-state index contributed by atoms with van der Waals surface area (Å²) >= 11 is 3.32. The van der Waals surface area contributed by atoms with E-state index in [1.54, 1.807) is 12.4 Å². The summed E-state index contributed by atoms with van der Waals surface area (Å²) in [5.74, 6) is 0.680. The highest BCUT2D eigenvalue weighted by Crippen LogP contribution is 2.22. The SMILES string of the molecule is [B]N1C[C@H](Oc2cncc(Br)c2)C[C@H]1C=O. The first-order valence-electron chi connectivity index (χ1n) is 4.93. The number of aldehydes is 1. The van der Waals surface area contributed by atoms with Gasteiger partial charge in [0.15, 0.2) is 7.98 Å². The summed E-state index contributed by atoms with van der Waals surface area (Å²) in [7, 11) is 5.66. The Hall–Kier alpha value is -0.875. The van der Waals surface area contributed by atoms with Crippen LogP contribution in [0.25, 0.3) is 0 Å². The van der Waals surface area contributed by atoms with Gasteiger partial charge in [0.25, 0.3) is 0 Å². The Bertz CT molecular complexity index is 391. The Labute approximate surface area is 104 Å². The highest BCUT2D eigenvalue weighted by molar-refractivity contribution is 9.10. The van der Waals surface area contributed by atoms with Crippen molar-refractivity contribution in [1.29, 1.82) is 0 Å². The highest BCUT2D eigenvalue weighted by atomic mass is 79.9. The van der Waals surface area contributed by atoms with Gasteiger partial charge in [-0.1, -0.05) is 0 Å². The fraction of sp³-hybridized carbons (Fsp3) is 0.400. The number of pyridine rings is 1. The van der Waals surface area contributed by atoms with Gasteiger partial charge in [-0.3, -0.25) is 4.98 Å². The lowest BCUT2D eigenvalue weighted by molar-refractivity contribution is -0.110. The first kappa shape index (κ1) is 11.6. The maximum atomic E-state index is 10.7. The molecule has 0 N–H and O–H groups in total. The van der Waals surface area contributed by atoms with Gasteiger partial charge in [-0.2, -0.15) is 0 Å². The third-order valence-electron chi connectivity index (χ3n) is 2.48. The van der Waals surface area contributed by atoms with Crippen LogP contribution in [0.15, 0.2) is 22.9 Å². The summed E-state index contributed by atoms with van der Waals surface area (Å²) in [6.45, 7) is 0.552. The van der Waals surface area contributed by atoms with Gasteiger partial charge < -0.3 is 14.3 Å². The first-order chi connectivity index (χ1) is 7.69. The molecule has 0 saturated carbocycles. The monoisotopic (exact) mass is 280 g/mol. The van der Waals surface area contributed by atoms with E-state index in [1.807, 2.05) is 6.07 Å². The van der Waals surface area contributed by atoms with Crippen LogP contribution in [0.2, 0.25) is 0 Å². The molecule has 1 aliphatic rings. The summed E-state index contributed by atoms with van der Waals surface area (Å²) < 4.78 is 6.55. The lowest BCUT2D eigenvalue weighted by Gasteiger charge is -2.13. The summed E-state index contributed by atoms with van der Waals surface area (Å²) in [6.07, 6.45) is 4.73. The molecule has 1 fully saturated rings. The fourth-order valence-electron chi connectivity index (χ4n) is 1.72. The molecule has 0 amide bonds. The van der Waals surface area contributed by atoms with Crippen LogP contribution in [0.3, 0.4) is 0 Å². The molecule has 4 nitrogen and oxygen atoms in total. The third-order valence-corrected chi connectivity index (χ3v) is 2.92. The van der Waals surface area contributed by atoms with E-state index in [0.717, 1.165) is 10.8 Å². The van der Waals surface area contributed by atoms with Gasteiger partial charge in [-0.25, -0.2) is 0 Å². The molecule has 2 rings (SSSR count). The Morgan fingerprint density at radius 1 is 1.62 bits per heavy atom. The predicted molar refractivity (Wildman–Crippen MR) is 63.3 cm³/mol. The van der Waals surface area contributed by atoms with Crippen LogP contribution in [-0.4, -0.2) is 42.8 Å². The van der Waals surface area contributed by atoms with Crippen LogP contribution in [0.4, 0.5) is 0 Å². The van der Waals surface area contributed by atoms with Gasteiger partial charge in [-0.15, -0.1) is 0 Å². The molecule has 0 bridgehead atoms. The van der Waals surface area contributed by atoms with Gasteiger partial charge in [0, 0.05) is 23.6 Å². The minimum Gasteiger partial charge on any atom is -0.487 e. The number of halogens is 1. The zero-order chi connectivity index (χ0) is 11.5. The second-order valence-electron chi connectivity index (χ2n) is 3.71. The Balaban J connectivity index is 1.99. The molecule has 0 aromatic carbocycles. The Morgan fingerprint density at radius 2 is 2.44 bits per heavy atom. The molecular formula is C10H10BBrN2O2. The van der Waals surface area contributed by atoms with Gasteiger partial charge in [-0.05, 0) is 22.0 Å². The molecule has 1 aromatic rings. The average molecular weight is 281 g/mol. The number of carbonyl (C=O) groups excluding carboxylic acids is 1. The van der Waals surface area contributed by atoms with Crippen molar-refractivity contribution >= 4 is 30.2 Å². The minimum atomic E-state index is -0.245. The van der Waals surface area contributed by atoms with Crippen molar-refractivity contribution < 1.29 is 9.53 Å². The summed E-state index contributed by atoms with van der Waals surface area (Å²) in [5, 5.41) is 0. The largest absolute Gasteiger partial charge is 0.487 e. The normalized spacial score (nSPS) is 25.6. The summed E-state index contributed by atoms with van der Waals surface area (Å²) in [4.78, 5) is 16.2. The van der Waals surface area contributed by atoms with Gasteiger partial charge in [0.05, 0.1) is 12.2 Å². The minimum absolute atomic E-state index is 0.0590. The van der Waals surface area contributed by atoms with Crippen molar-refractivity contribution in [2.75, 3.05) is 6.54 Å². The second-order valence-corrected chi connectivity index (χ2v) is 4.63. The zero-order valence-electron chi connectivity index (χ0n) is 8.54. The van der Waals surface area contributed by atoms with Crippen LogP contribution in [-0.2, 0) is 4.79 Å². The van der Waals surface area contributed by atoms with E-state index in [9.17, 15) is 4.79 Å². The number of hydrogen-bond donors (Lipinski definition) is 0. The molecule has 6 heteroatoms. The molecule has 16 heavy (non-hydrogen) atoms. The van der Waals surface area contributed by atoms with E-state index < -0.39 is 0 Å². The molecule has 0 spiro atoms. The maximum absolute atomic E-state index is 10.7. The predicted octanol–water partition coefficient (Wildman–Crippen LogP) is 0.948. The van der Waals surface area contributed by atoms with E-state index in [-0.39, 0.29) is 12.1 Å². The zero-order valence-corrected chi connectivity index (χ0v) is 10.1. The number of aromatic nitrogens is 1. The molecule has 82 valence electrons. The van der Waals surface area contributed by atoms with Crippen molar-refractivity contribution in [3.05, 3.63) is 22.9 Å². The smallest absolute Gasteiger partial charge is 0.183 e. The molecule has 2 atom stereocenters. The Kier molecular flexibility index (Phi) is 3.61. The number of carbonyl (C=O) groups is 1. The molecular weight excluding hydrogens is 271 g/mol. The molecule has 1 saturated heterocycles. The molecule has 0 unspecified atom stereocenters. The van der Waals surface area contributed by atoms with Crippen molar-refractivity contribution in [2.45, 2.75) is 18.6 Å². The van der Waals surface area contributed by atoms with Gasteiger partial charge in [0.1, 0.15) is 18.1 Å². The van der Waals surface area contributed by atoms with E-state index in [2.05, 4.69) is 20.9 Å². The quantitative estimate of drug-likeness (QED) is 0.611. The highest BCUT2D eigenvalue weighted by Gasteiger charge is 2.29. The maximum Gasteiger partial charge on any atom is 0.183 e. The number of rotatable bonds is 3. The lowest BCUT2D eigenvalue weighted by atomic mass is 10.2. The van der Waals surface area contributed by atoms with Crippen molar-refractivity contribution in [2.24, 2.45) is 0 Å². The average Bonchev–Trinajstić information content (AvgIpc) is 2.58. The van der Waals surface area contributed by atoms with Crippen molar-refractivity contribution in [3.63, 3.8) is 0 Å². The number of nitrogens with zero attached hydrogens (tertiary/aromatic N) is 2. The van der Waals surface area contributed by atoms with E-state index in [1.165, 1.54) is 4.81 Å². The molecule has 2 radical (unpaired) electrons. The number of hydrogen-bond acceptors (Lipinski definition) is 4. The topological polar surface area (TPSA) is 42.4 Å². The van der Waals surface area contributed by atoms with Gasteiger partial charge >= 0.3 is 0 Å². The molecule has 1 aliphatic heterocycles. The van der Waals surface area contributed by atoms with Crippen LogP contribution in [0, 0.1) is 0 Å². The standard InChI is InChI=1S/C10H10BBrN2O2/c11-14-5-10(2-8(14)6-15)16-9-1-7(12)3-13-4-9/h1,3-4,6,8,10H,2,5H2/t8-,10+/m0/s1. The van der Waals surface area contributed by atoms with Crippen LogP contribution in [0.1, 0.15) is 6.42 Å². The van der Waals surface area contributed by atoms with Crippen LogP contribution >= 0.6 is 15.9 Å². The van der Waals surface area contributed by atoms with Crippen LogP contribution < -0.4 is 4.74 Å². The van der Waals surface area contributed by atoms with Gasteiger partial charge in [0.2, 0.25) is 0 Å². The van der Waals surface area contributed by atoms with Crippen LogP contribution in [0.5, 0.6) is 5.75 Å². The summed E-state index contributed by atoms with van der Waals surface area (Å²) in [5.41, 5.74) is 0. The molecule has 0 aliphatic carbocycles. The third kappa shape index (κ3) is 2.62. The van der Waals surface area contributed by atoms with E-state index >= 15 is 0 Å². The molecule has 2 heterocycles. The lowest BCUT2D eigenvalue weighted by Crippen LogP contribution is -2.28. The molecule has 1 aromatic heterocycles.